The van der Waals surface area contributed by atoms with E-state index in [4.69, 9.17) is 5.10 Å². The van der Waals surface area contributed by atoms with Gasteiger partial charge in [0.25, 0.3) is 0 Å². The zero-order valence-electron chi connectivity index (χ0n) is 16.3. The van der Waals surface area contributed by atoms with Crippen LogP contribution >= 0.6 is 0 Å². The van der Waals surface area contributed by atoms with Crippen LogP contribution < -0.4 is 0 Å². The first-order valence-electron chi connectivity index (χ1n) is 9.66. The fourth-order valence-corrected chi connectivity index (χ4v) is 3.06. The lowest BCUT2D eigenvalue weighted by Gasteiger charge is -2.22. The van der Waals surface area contributed by atoms with Gasteiger partial charge in [-0.1, -0.05) is 91.0 Å². The molecule has 3 heteroatoms. The molecule has 0 unspecified atom stereocenters. The smallest absolute Gasteiger partial charge is 0.130 e. The number of Topliss-reactive ketones (excluding diaryl/α,β-unsaturated/α-hetero) is 1. The maximum atomic E-state index is 11.6. The number of carbonyl (C=O) groups is 1. The summed E-state index contributed by atoms with van der Waals surface area (Å²) in [4.78, 5) is 11.6. The minimum atomic E-state index is 0.182. The van der Waals surface area contributed by atoms with Crippen molar-refractivity contribution in [3.63, 3.8) is 0 Å². The predicted molar refractivity (Wildman–Crippen MR) is 115 cm³/mol. The van der Waals surface area contributed by atoms with Gasteiger partial charge in [0.05, 0.1) is 18.8 Å². The molecule has 0 aliphatic carbocycles. The zero-order valence-corrected chi connectivity index (χ0v) is 16.3. The average molecular weight is 370 g/mol. The Labute approximate surface area is 167 Å². The van der Waals surface area contributed by atoms with Crippen molar-refractivity contribution < 1.29 is 4.79 Å². The number of carbonyl (C=O) groups excluding carboxylic acids is 1. The van der Waals surface area contributed by atoms with Gasteiger partial charge in [0.15, 0.2) is 0 Å². The lowest BCUT2D eigenvalue weighted by molar-refractivity contribution is -0.116. The number of nitrogens with zero attached hydrogens (tertiary/aromatic N) is 2. The van der Waals surface area contributed by atoms with Gasteiger partial charge in [0, 0.05) is 6.42 Å². The van der Waals surface area contributed by atoms with Gasteiger partial charge in [0.1, 0.15) is 5.78 Å². The second-order valence-electron chi connectivity index (χ2n) is 6.91. The third-order valence-corrected chi connectivity index (χ3v) is 4.50. The van der Waals surface area contributed by atoms with Gasteiger partial charge in [-0.25, -0.2) is 0 Å². The molecule has 0 aromatic heterocycles. The monoisotopic (exact) mass is 370 g/mol. The molecule has 0 amide bonds. The predicted octanol–water partition coefficient (Wildman–Crippen LogP) is 5.46. The maximum absolute atomic E-state index is 11.6. The number of ketones is 1. The van der Waals surface area contributed by atoms with Gasteiger partial charge in [-0.2, -0.15) is 5.10 Å². The molecule has 0 aliphatic heterocycles. The molecule has 0 saturated heterocycles. The first-order valence-corrected chi connectivity index (χ1v) is 9.66. The van der Waals surface area contributed by atoms with Crippen LogP contribution in [-0.2, 0) is 17.9 Å². The Morgan fingerprint density at radius 1 is 0.714 bits per heavy atom. The molecule has 3 nitrogen and oxygen atoms in total. The highest BCUT2D eigenvalue weighted by molar-refractivity contribution is 6.01. The molecular weight excluding hydrogens is 344 g/mol. The van der Waals surface area contributed by atoms with E-state index in [1.807, 2.05) is 54.6 Å². The molecule has 142 valence electrons. The van der Waals surface area contributed by atoms with Crippen LogP contribution in [0.15, 0.2) is 96.1 Å². The average Bonchev–Trinajstić information content (AvgIpc) is 2.73. The largest absolute Gasteiger partial charge is 0.300 e. The lowest BCUT2D eigenvalue weighted by Crippen LogP contribution is -2.20. The Morgan fingerprint density at radius 3 is 1.64 bits per heavy atom. The highest BCUT2D eigenvalue weighted by atomic mass is 16.1. The van der Waals surface area contributed by atoms with Crippen molar-refractivity contribution in [3.8, 4) is 0 Å². The minimum absolute atomic E-state index is 0.182. The van der Waals surface area contributed by atoms with Crippen LogP contribution in [0.2, 0.25) is 0 Å². The van der Waals surface area contributed by atoms with E-state index in [9.17, 15) is 4.79 Å². The van der Waals surface area contributed by atoms with Crippen LogP contribution in [-0.4, -0.2) is 16.5 Å². The first kappa shape index (κ1) is 19.6. The summed E-state index contributed by atoms with van der Waals surface area (Å²) < 4.78 is 0. The first-order chi connectivity index (χ1) is 13.7. The highest BCUT2D eigenvalue weighted by Crippen LogP contribution is 2.14. The van der Waals surface area contributed by atoms with Crippen LogP contribution in [0, 0.1) is 0 Å². The molecule has 28 heavy (non-hydrogen) atoms. The van der Waals surface area contributed by atoms with E-state index < -0.39 is 0 Å². The van der Waals surface area contributed by atoms with Crippen LogP contribution in [0.4, 0.5) is 0 Å². The summed E-state index contributed by atoms with van der Waals surface area (Å²) in [6, 6.07) is 30.8. The van der Waals surface area contributed by atoms with Crippen molar-refractivity contribution in [2.24, 2.45) is 5.10 Å². The summed E-state index contributed by atoms with van der Waals surface area (Å²) in [6.07, 6.45) is 1.14. The summed E-state index contributed by atoms with van der Waals surface area (Å²) in [5.41, 5.74) is 4.43. The van der Waals surface area contributed by atoms with Crippen molar-refractivity contribution in [1.82, 2.24) is 5.01 Å². The topological polar surface area (TPSA) is 32.7 Å². The molecule has 0 saturated carbocycles. The van der Waals surface area contributed by atoms with Crippen molar-refractivity contribution in [3.05, 3.63) is 108 Å². The normalized spacial score (nSPS) is 11.2. The van der Waals surface area contributed by atoms with Gasteiger partial charge < -0.3 is 4.79 Å². The number of rotatable bonds is 9. The Balaban J connectivity index is 1.91. The van der Waals surface area contributed by atoms with Crippen molar-refractivity contribution in [2.45, 2.75) is 32.9 Å². The second-order valence-corrected chi connectivity index (χ2v) is 6.91. The Bertz CT molecular complexity index is 848. The molecule has 0 bridgehead atoms. The molecule has 0 fully saturated rings. The van der Waals surface area contributed by atoms with Gasteiger partial charge in [-0.15, -0.1) is 0 Å². The Hall–Kier alpha value is -3.20. The molecule has 0 spiro atoms. The standard InChI is InChI=1S/C25H26N2O/c1-21(28)17-18-25(24-15-9-4-10-16-24)26-27(19-22-11-5-2-6-12-22)20-23-13-7-3-8-14-23/h2-16H,17-20H2,1H3/b26-25-. The van der Waals surface area contributed by atoms with E-state index in [0.717, 1.165) is 11.3 Å². The van der Waals surface area contributed by atoms with E-state index in [0.29, 0.717) is 25.9 Å². The highest BCUT2D eigenvalue weighted by Gasteiger charge is 2.10. The quantitative estimate of drug-likeness (QED) is 0.370. The molecule has 0 atom stereocenters. The summed E-state index contributed by atoms with van der Waals surface area (Å²) in [7, 11) is 0. The van der Waals surface area contributed by atoms with E-state index in [1.165, 1.54) is 11.1 Å². The molecule has 0 aliphatic rings. The van der Waals surface area contributed by atoms with Crippen molar-refractivity contribution in [1.29, 1.82) is 0 Å². The van der Waals surface area contributed by atoms with E-state index in [-0.39, 0.29) is 5.78 Å². The van der Waals surface area contributed by atoms with Crippen LogP contribution in [0.25, 0.3) is 0 Å². The Morgan fingerprint density at radius 2 is 1.18 bits per heavy atom. The molecule has 0 N–H and O–H groups in total. The maximum Gasteiger partial charge on any atom is 0.130 e. The van der Waals surface area contributed by atoms with Gasteiger partial charge in [-0.05, 0) is 30.0 Å². The minimum Gasteiger partial charge on any atom is -0.300 e. The second kappa shape index (κ2) is 10.2. The van der Waals surface area contributed by atoms with Gasteiger partial charge in [0.2, 0.25) is 0 Å². The molecule has 0 heterocycles. The SMILES string of the molecule is CC(=O)CC/C(=N/N(Cc1ccccc1)Cc1ccccc1)c1ccccc1. The molecule has 3 aromatic rings. The zero-order chi connectivity index (χ0) is 19.6. The third kappa shape index (κ3) is 6.20. The summed E-state index contributed by atoms with van der Waals surface area (Å²) in [6.45, 7) is 3.06. The number of hydrogen-bond donors (Lipinski definition) is 0. The number of benzene rings is 3. The van der Waals surface area contributed by atoms with Crippen molar-refractivity contribution >= 4 is 11.5 Å². The van der Waals surface area contributed by atoms with E-state index in [1.54, 1.807) is 6.92 Å². The molecular formula is C25H26N2O. The lowest BCUT2D eigenvalue weighted by atomic mass is 10.0. The van der Waals surface area contributed by atoms with Crippen LogP contribution in [0.1, 0.15) is 36.5 Å². The molecule has 0 radical (unpaired) electrons. The van der Waals surface area contributed by atoms with Crippen LogP contribution in [0.3, 0.4) is 0 Å². The fourth-order valence-electron chi connectivity index (χ4n) is 3.06. The van der Waals surface area contributed by atoms with Gasteiger partial charge >= 0.3 is 0 Å². The summed E-state index contributed by atoms with van der Waals surface area (Å²) >= 11 is 0. The third-order valence-electron chi connectivity index (χ3n) is 4.50. The fraction of sp³-hybridized carbons (Fsp3) is 0.200. The number of hydrogen-bond acceptors (Lipinski definition) is 3. The van der Waals surface area contributed by atoms with E-state index >= 15 is 0 Å². The number of hydrazone groups is 1. The molecule has 3 aromatic carbocycles. The van der Waals surface area contributed by atoms with Crippen LogP contribution in [0.5, 0.6) is 0 Å². The Kier molecular flexibility index (Phi) is 7.14. The van der Waals surface area contributed by atoms with Gasteiger partial charge in [-0.3, -0.25) is 5.01 Å². The van der Waals surface area contributed by atoms with E-state index in [2.05, 4.69) is 41.4 Å². The molecule has 3 rings (SSSR count). The van der Waals surface area contributed by atoms with Crippen molar-refractivity contribution in [2.75, 3.05) is 0 Å². The summed E-state index contributed by atoms with van der Waals surface area (Å²) in [5.74, 6) is 0.182. The summed E-state index contributed by atoms with van der Waals surface area (Å²) in [5, 5.41) is 7.10.